The highest BCUT2D eigenvalue weighted by Gasteiger charge is 2.09. The number of Topliss-reactive ketones (excluding diaryl/α,β-unsaturated/α-hetero) is 1. The van der Waals surface area contributed by atoms with E-state index in [-0.39, 0.29) is 5.92 Å². The molecule has 0 aliphatic heterocycles. The van der Waals surface area contributed by atoms with E-state index in [1.165, 1.54) is 0 Å². The topological polar surface area (TPSA) is 23.6 Å². The second-order valence-electron chi connectivity index (χ2n) is 4.16. The van der Waals surface area contributed by atoms with Crippen molar-refractivity contribution in [3.8, 4) is 0 Å². The molecule has 0 radical (unpaired) electrons. The summed E-state index contributed by atoms with van der Waals surface area (Å²) in [6.45, 7) is 6.42. The number of ketones is 1. The van der Waals surface area contributed by atoms with Crippen molar-refractivity contribution in [3.05, 3.63) is 0 Å². The third kappa shape index (κ3) is 6.72. The van der Waals surface area contributed by atoms with Crippen LogP contribution in [0.15, 0.2) is 0 Å². The Morgan fingerprint density at radius 1 is 1.15 bits per heavy atom. The van der Waals surface area contributed by atoms with Gasteiger partial charge < -0.3 is 4.90 Å². The van der Waals surface area contributed by atoms with Crippen molar-refractivity contribution in [2.75, 3.05) is 40.8 Å². The SMILES string of the molecule is CC(C)C(=O)CN(C)CCN(C)C. The van der Waals surface area contributed by atoms with Gasteiger partial charge in [-0.05, 0) is 21.1 Å². The maximum absolute atomic E-state index is 11.3. The first-order chi connectivity index (χ1) is 5.93. The van der Waals surface area contributed by atoms with Crippen molar-refractivity contribution >= 4 is 5.78 Å². The number of hydrogen-bond donors (Lipinski definition) is 0. The van der Waals surface area contributed by atoms with Crippen LogP contribution in [-0.4, -0.2) is 56.4 Å². The lowest BCUT2D eigenvalue weighted by atomic mass is 10.1. The monoisotopic (exact) mass is 186 g/mol. The standard InChI is InChI=1S/C10H22N2O/c1-9(2)10(13)8-12(5)7-6-11(3)4/h9H,6-8H2,1-5H3. The number of hydrogen-bond acceptors (Lipinski definition) is 3. The van der Waals surface area contributed by atoms with Crippen LogP contribution in [0.25, 0.3) is 0 Å². The molecule has 0 rings (SSSR count). The first kappa shape index (κ1) is 12.6. The van der Waals surface area contributed by atoms with E-state index in [1.807, 2.05) is 35.0 Å². The van der Waals surface area contributed by atoms with Crippen LogP contribution in [0.2, 0.25) is 0 Å². The van der Waals surface area contributed by atoms with Crippen LogP contribution in [0.5, 0.6) is 0 Å². The quantitative estimate of drug-likeness (QED) is 0.610. The van der Waals surface area contributed by atoms with Crippen LogP contribution in [0.3, 0.4) is 0 Å². The molecular formula is C10H22N2O. The molecule has 0 aliphatic carbocycles. The van der Waals surface area contributed by atoms with Gasteiger partial charge in [-0.1, -0.05) is 13.8 Å². The molecule has 0 saturated heterocycles. The lowest BCUT2D eigenvalue weighted by Gasteiger charge is -2.19. The van der Waals surface area contributed by atoms with Gasteiger partial charge in [-0.15, -0.1) is 0 Å². The molecule has 3 nitrogen and oxygen atoms in total. The predicted octanol–water partition coefficient (Wildman–Crippen LogP) is 0.705. The molecule has 0 atom stereocenters. The summed E-state index contributed by atoms with van der Waals surface area (Å²) in [5.41, 5.74) is 0. The summed E-state index contributed by atoms with van der Waals surface area (Å²) in [4.78, 5) is 15.5. The van der Waals surface area contributed by atoms with Crippen LogP contribution in [0.1, 0.15) is 13.8 Å². The molecule has 13 heavy (non-hydrogen) atoms. The third-order valence-electron chi connectivity index (χ3n) is 2.00. The van der Waals surface area contributed by atoms with Crippen molar-refractivity contribution in [2.45, 2.75) is 13.8 Å². The Labute approximate surface area is 81.7 Å². The van der Waals surface area contributed by atoms with Gasteiger partial charge in [0.1, 0.15) is 5.78 Å². The van der Waals surface area contributed by atoms with Gasteiger partial charge in [0.15, 0.2) is 0 Å². The van der Waals surface area contributed by atoms with Gasteiger partial charge in [0, 0.05) is 19.0 Å². The first-order valence-corrected chi connectivity index (χ1v) is 4.79. The Bertz CT molecular complexity index is 155. The Morgan fingerprint density at radius 2 is 1.69 bits per heavy atom. The summed E-state index contributed by atoms with van der Waals surface area (Å²) in [5, 5.41) is 0. The molecule has 0 aromatic carbocycles. The number of likely N-dealkylation sites (N-methyl/N-ethyl adjacent to an activating group) is 2. The Morgan fingerprint density at radius 3 is 2.08 bits per heavy atom. The second-order valence-corrected chi connectivity index (χ2v) is 4.16. The van der Waals surface area contributed by atoms with Crippen LogP contribution in [0.4, 0.5) is 0 Å². The van der Waals surface area contributed by atoms with E-state index >= 15 is 0 Å². The molecule has 0 bridgehead atoms. The molecule has 0 saturated carbocycles. The minimum absolute atomic E-state index is 0.154. The fourth-order valence-electron chi connectivity index (χ4n) is 0.898. The lowest BCUT2D eigenvalue weighted by molar-refractivity contribution is -0.122. The summed E-state index contributed by atoms with van der Waals surface area (Å²) >= 11 is 0. The summed E-state index contributed by atoms with van der Waals surface area (Å²) in [7, 11) is 6.07. The molecule has 3 heteroatoms. The summed E-state index contributed by atoms with van der Waals surface area (Å²) in [5.74, 6) is 0.475. The van der Waals surface area contributed by atoms with Crippen molar-refractivity contribution in [3.63, 3.8) is 0 Å². The highest BCUT2D eigenvalue weighted by molar-refractivity contribution is 5.82. The molecule has 0 fully saturated rings. The maximum atomic E-state index is 11.3. The van der Waals surface area contributed by atoms with Crippen LogP contribution < -0.4 is 0 Å². The lowest BCUT2D eigenvalue weighted by Crippen LogP contribution is -2.33. The molecule has 0 aromatic heterocycles. The van der Waals surface area contributed by atoms with Crippen molar-refractivity contribution in [1.29, 1.82) is 0 Å². The summed E-state index contributed by atoms with van der Waals surface area (Å²) in [6.07, 6.45) is 0. The van der Waals surface area contributed by atoms with Gasteiger partial charge >= 0.3 is 0 Å². The molecule has 0 spiro atoms. The van der Waals surface area contributed by atoms with Crippen molar-refractivity contribution in [1.82, 2.24) is 9.80 Å². The number of nitrogens with zero attached hydrogens (tertiary/aromatic N) is 2. The van der Waals surface area contributed by atoms with Gasteiger partial charge in [-0.25, -0.2) is 0 Å². The van der Waals surface area contributed by atoms with E-state index < -0.39 is 0 Å². The number of carbonyl (C=O) groups excluding carboxylic acids is 1. The van der Waals surface area contributed by atoms with E-state index in [0.717, 1.165) is 13.1 Å². The number of carbonyl (C=O) groups is 1. The van der Waals surface area contributed by atoms with Crippen LogP contribution >= 0.6 is 0 Å². The van der Waals surface area contributed by atoms with Gasteiger partial charge in [0.05, 0.1) is 6.54 Å². The van der Waals surface area contributed by atoms with E-state index in [2.05, 4.69) is 9.80 Å². The summed E-state index contributed by atoms with van der Waals surface area (Å²) < 4.78 is 0. The third-order valence-corrected chi connectivity index (χ3v) is 2.00. The fraction of sp³-hybridized carbons (Fsp3) is 0.900. The molecule has 0 heterocycles. The highest BCUT2D eigenvalue weighted by atomic mass is 16.1. The van der Waals surface area contributed by atoms with Gasteiger partial charge in [0.25, 0.3) is 0 Å². The van der Waals surface area contributed by atoms with Crippen LogP contribution in [-0.2, 0) is 4.79 Å². The van der Waals surface area contributed by atoms with Crippen molar-refractivity contribution in [2.24, 2.45) is 5.92 Å². The normalized spacial score (nSPS) is 11.7. The predicted molar refractivity (Wildman–Crippen MR) is 55.9 cm³/mol. The zero-order valence-electron chi connectivity index (χ0n) is 9.50. The molecule has 78 valence electrons. The molecule has 0 unspecified atom stereocenters. The molecule has 0 amide bonds. The first-order valence-electron chi connectivity index (χ1n) is 4.79. The van der Waals surface area contributed by atoms with Gasteiger partial charge in [0.2, 0.25) is 0 Å². The van der Waals surface area contributed by atoms with Crippen LogP contribution in [0, 0.1) is 5.92 Å². The molecule has 0 aromatic rings. The van der Waals surface area contributed by atoms with E-state index in [0.29, 0.717) is 12.3 Å². The van der Waals surface area contributed by atoms with E-state index in [9.17, 15) is 4.79 Å². The van der Waals surface area contributed by atoms with E-state index in [4.69, 9.17) is 0 Å². The minimum Gasteiger partial charge on any atom is -0.308 e. The molecule has 0 aliphatic rings. The fourth-order valence-corrected chi connectivity index (χ4v) is 0.898. The zero-order valence-corrected chi connectivity index (χ0v) is 9.50. The van der Waals surface area contributed by atoms with E-state index in [1.54, 1.807) is 0 Å². The average Bonchev–Trinajstić information content (AvgIpc) is 2.00. The Kier molecular flexibility index (Phi) is 5.91. The van der Waals surface area contributed by atoms with Gasteiger partial charge in [-0.2, -0.15) is 0 Å². The molecule has 0 N–H and O–H groups in total. The Hall–Kier alpha value is -0.410. The highest BCUT2D eigenvalue weighted by Crippen LogP contribution is 1.96. The summed E-state index contributed by atoms with van der Waals surface area (Å²) in [6, 6.07) is 0. The second kappa shape index (κ2) is 6.11. The number of rotatable bonds is 6. The molecular weight excluding hydrogens is 164 g/mol. The Balaban J connectivity index is 3.62. The smallest absolute Gasteiger partial charge is 0.149 e. The zero-order chi connectivity index (χ0) is 10.4. The van der Waals surface area contributed by atoms with Crippen molar-refractivity contribution < 1.29 is 4.79 Å². The average molecular weight is 186 g/mol. The maximum Gasteiger partial charge on any atom is 0.149 e. The minimum atomic E-state index is 0.154. The van der Waals surface area contributed by atoms with Gasteiger partial charge in [-0.3, -0.25) is 9.69 Å². The largest absolute Gasteiger partial charge is 0.308 e.